The molecule has 1 rings (SSSR count). The minimum atomic E-state index is -1.45. The molecule has 0 aromatic heterocycles. The Labute approximate surface area is 93.4 Å². The zero-order valence-corrected chi connectivity index (χ0v) is 9.00. The lowest BCUT2D eigenvalue weighted by Crippen LogP contribution is -2.50. The number of hydrogen-bond donors (Lipinski definition) is 3. The van der Waals surface area contributed by atoms with Gasteiger partial charge in [0.1, 0.15) is 0 Å². The molecule has 1 aliphatic rings. The summed E-state index contributed by atoms with van der Waals surface area (Å²) in [6, 6.07) is -0.570. The predicted octanol–water partition coefficient (Wildman–Crippen LogP) is -2.25. The summed E-state index contributed by atoms with van der Waals surface area (Å²) in [5.74, 6) is -0.686. The van der Waals surface area contributed by atoms with Crippen LogP contribution in [-0.4, -0.2) is 52.7 Å². The van der Waals surface area contributed by atoms with Crippen molar-refractivity contribution in [3.63, 3.8) is 0 Å². The average molecular weight is 230 g/mol. The van der Waals surface area contributed by atoms with Crippen molar-refractivity contribution >= 4 is 19.2 Å². The highest BCUT2D eigenvalue weighted by Gasteiger charge is 2.37. The normalized spacial score (nSPS) is 20.5. The minimum absolute atomic E-state index is 0.212. The fourth-order valence-electron chi connectivity index (χ4n) is 1.64. The van der Waals surface area contributed by atoms with Crippen molar-refractivity contribution in [3.05, 3.63) is 0 Å². The number of nitrogens with two attached hydrogens (primary N) is 1. The second-order valence-corrected chi connectivity index (χ2v) is 3.53. The smallest absolute Gasteiger partial charge is 0.426 e. The maximum absolute atomic E-state index is 11.4. The summed E-state index contributed by atoms with van der Waals surface area (Å²) in [4.78, 5) is 29.1. The van der Waals surface area contributed by atoms with Crippen LogP contribution in [0.15, 0.2) is 0 Å². The van der Waals surface area contributed by atoms with E-state index in [1.165, 1.54) is 4.90 Å². The standard InChI is InChI=1S/C7H15BN2O3.CO2/c1-5(9)7(11)10-4-2-3-6(10)8(12)13;2-1-3/h5-6,12-13H,2-4,9H2,1H3;/t5-,6-;/m0./s1. The summed E-state index contributed by atoms with van der Waals surface area (Å²) in [5, 5.41) is 17.9. The molecular formula is C8H15BN2O5. The van der Waals surface area contributed by atoms with Gasteiger partial charge in [-0.2, -0.15) is 9.59 Å². The van der Waals surface area contributed by atoms with E-state index in [1.54, 1.807) is 6.92 Å². The third kappa shape index (κ3) is 4.12. The minimum Gasteiger partial charge on any atom is -0.426 e. The van der Waals surface area contributed by atoms with Gasteiger partial charge in [-0.05, 0) is 19.8 Å². The molecule has 0 radical (unpaired) electrons. The monoisotopic (exact) mass is 230 g/mol. The SMILES string of the molecule is C[C@H](N)C(=O)N1CCC[C@H]1B(O)O.O=C=O. The number of carbonyl (C=O) groups excluding carboxylic acids is 3. The molecule has 1 amide bonds. The first-order valence-electron chi connectivity index (χ1n) is 4.87. The van der Waals surface area contributed by atoms with Crippen LogP contribution in [-0.2, 0) is 14.4 Å². The van der Waals surface area contributed by atoms with E-state index in [2.05, 4.69) is 0 Å². The van der Waals surface area contributed by atoms with E-state index in [9.17, 15) is 4.79 Å². The van der Waals surface area contributed by atoms with Crippen molar-refractivity contribution < 1.29 is 24.4 Å². The zero-order valence-electron chi connectivity index (χ0n) is 9.00. The number of nitrogens with zero attached hydrogens (tertiary/aromatic N) is 1. The summed E-state index contributed by atoms with van der Waals surface area (Å²) < 4.78 is 0. The second kappa shape index (κ2) is 7.13. The Bertz CT molecular complexity index is 265. The highest BCUT2D eigenvalue weighted by atomic mass is 16.4. The Morgan fingerprint density at radius 1 is 1.56 bits per heavy atom. The van der Waals surface area contributed by atoms with Gasteiger partial charge in [0, 0.05) is 6.54 Å². The van der Waals surface area contributed by atoms with Crippen molar-refractivity contribution in [2.24, 2.45) is 5.73 Å². The van der Waals surface area contributed by atoms with Crippen LogP contribution < -0.4 is 5.73 Å². The Hall–Kier alpha value is -1.21. The summed E-state index contributed by atoms with van der Waals surface area (Å²) in [6.45, 7) is 2.17. The Morgan fingerprint density at radius 3 is 2.44 bits per heavy atom. The molecule has 2 atom stereocenters. The highest BCUT2D eigenvalue weighted by Crippen LogP contribution is 2.18. The van der Waals surface area contributed by atoms with Crippen molar-refractivity contribution in [3.8, 4) is 0 Å². The summed E-state index contributed by atoms with van der Waals surface area (Å²) in [7, 11) is -1.45. The molecular weight excluding hydrogens is 215 g/mol. The van der Waals surface area contributed by atoms with Gasteiger partial charge in [0.15, 0.2) is 0 Å². The maximum atomic E-state index is 11.4. The predicted molar refractivity (Wildman–Crippen MR) is 53.6 cm³/mol. The highest BCUT2D eigenvalue weighted by molar-refractivity contribution is 6.43. The van der Waals surface area contributed by atoms with Gasteiger partial charge in [-0.15, -0.1) is 0 Å². The zero-order chi connectivity index (χ0) is 12.7. The van der Waals surface area contributed by atoms with Gasteiger partial charge in [0.25, 0.3) is 0 Å². The van der Waals surface area contributed by atoms with Crippen LogP contribution in [0, 0.1) is 0 Å². The molecule has 1 heterocycles. The summed E-state index contributed by atoms with van der Waals surface area (Å²) >= 11 is 0. The molecule has 0 saturated carbocycles. The van der Waals surface area contributed by atoms with Crippen LogP contribution in [0.25, 0.3) is 0 Å². The Morgan fingerprint density at radius 2 is 2.06 bits per heavy atom. The van der Waals surface area contributed by atoms with E-state index >= 15 is 0 Å². The molecule has 0 aliphatic carbocycles. The summed E-state index contributed by atoms with van der Waals surface area (Å²) in [6.07, 6.45) is 1.69. The Kier molecular flexibility index (Phi) is 6.59. The van der Waals surface area contributed by atoms with E-state index in [1.807, 2.05) is 0 Å². The van der Waals surface area contributed by atoms with Crippen LogP contribution in [0.3, 0.4) is 0 Å². The van der Waals surface area contributed by atoms with Crippen LogP contribution in [0.2, 0.25) is 0 Å². The molecule has 1 saturated heterocycles. The van der Waals surface area contributed by atoms with Crippen molar-refractivity contribution in [2.75, 3.05) is 6.54 Å². The van der Waals surface area contributed by atoms with E-state index in [0.29, 0.717) is 13.0 Å². The van der Waals surface area contributed by atoms with Gasteiger partial charge in [0.05, 0.1) is 12.0 Å². The van der Waals surface area contributed by atoms with Crippen molar-refractivity contribution in [1.82, 2.24) is 4.90 Å². The molecule has 8 heteroatoms. The number of hydrogen-bond acceptors (Lipinski definition) is 6. The van der Waals surface area contributed by atoms with Crippen LogP contribution in [0.4, 0.5) is 0 Å². The van der Waals surface area contributed by atoms with E-state index < -0.39 is 19.1 Å². The Balaban J connectivity index is 0.000000673. The average Bonchev–Trinajstić information content (AvgIpc) is 2.65. The first kappa shape index (κ1) is 14.8. The number of amides is 1. The molecule has 1 aliphatic heterocycles. The van der Waals surface area contributed by atoms with Crippen molar-refractivity contribution in [1.29, 1.82) is 0 Å². The lowest BCUT2D eigenvalue weighted by Gasteiger charge is -2.25. The van der Waals surface area contributed by atoms with Gasteiger partial charge in [0.2, 0.25) is 5.91 Å². The van der Waals surface area contributed by atoms with Gasteiger partial charge >= 0.3 is 13.3 Å². The molecule has 0 unspecified atom stereocenters. The lowest BCUT2D eigenvalue weighted by molar-refractivity contribution is -0.191. The van der Waals surface area contributed by atoms with Crippen molar-refractivity contribution in [2.45, 2.75) is 31.7 Å². The largest absolute Gasteiger partial charge is 0.475 e. The molecule has 16 heavy (non-hydrogen) atoms. The fraction of sp³-hybridized carbons (Fsp3) is 0.750. The molecule has 0 aromatic carbocycles. The van der Waals surface area contributed by atoms with E-state index in [4.69, 9.17) is 25.4 Å². The van der Waals surface area contributed by atoms with Crippen LogP contribution in [0.1, 0.15) is 19.8 Å². The third-order valence-corrected chi connectivity index (χ3v) is 2.32. The molecule has 0 aromatic rings. The molecule has 0 spiro atoms. The lowest BCUT2D eigenvalue weighted by atomic mass is 9.78. The van der Waals surface area contributed by atoms with Gasteiger partial charge in [-0.1, -0.05) is 0 Å². The third-order valence-electron chi connectivity index (χ3n) is 2.32. The molecule has 1 fully saturated rings. The maximum Gasteiger partial charge on any atom is 0.475 e. The van der Waals surface area contributed by atoms with E-state index in [0.717, 1.165) is 6.42 Å². The molecule has 4 N–H and O–H groups in total. The van der Waals surface area contributed by atoms with Gasteiger partial charge in [-0.25, -0.2) is 0 Å². The first-order valence-corrected chi connectivity index (χ1v) is 4.87. The fourth-order valence-corrected chi connectivity index (χ4v) is 1.64. The van der Waals surface area contributed by atoms with Crippen LogP contribution in [0.5, 0.6) is 0 Å². The van der Waals surface area contributed by atoms with Gasteiger partial charge < -0.3 is 20.7 Å². The first-order chi connectivity index (χ1) is 7.45. The number of likely N-dealkylation sites (tertiary alicyclic amines) is 1. The molecule has 7 nitrogen and oxygen atoms in total. The quantitative estimate of drug-likeness (QED) is 0.461. The van der Waals surface area contributed by atoms with Crippen LogP contribution >= 0.6 is 0 Å². The second-order valence-electron chi connectivity index (χ2n) is 3.53. The number of carbonyl (C=O) groups is 1. The molecule has 90 valence electrons. The summed E-state index contributed by atoms with van der Waals surface area (Å²) in [5.41, 5.74) is 5.42. The topological polar surface area (TPSA) is 121 Å². The van der Waals surface area contributed by atoms with E-state index in [-0.39, 0.29) is 12.1 Å². The van der Waals surface area contributed by atoms with Gasteiger partial charge in [-0.3, -0.25) is 4.79 Å². The number of rotatable bonds is 2. The molecule has 0 bridgehead atoms.